The van der Waals surface area contributed by atoms with Crippen molar-refractivity contribution < 1.29 is 0 Å². The molecule has 106 valence electrons. The van der Waals surface area contributed by atoms with Gasteiger partial charge in [0.2, 0.25) is 5.95 Å². The van der Waals surface area contributed by atoms with Gasteiger partial charge in [-0.25, -0.2) is 4.98 Å². The molecule has 5 heteroatoms. The molecule has 0 spiro atoms. The molecule has 0 bridgehead atoms. The number of aryl methyl sites for hydroxylation is 2. The monoisotopic (exact) mass is 263 g/mol. The average Bonchev–Trinajstić information content (AvgIpc) is 2.78. The highest BCUT2D eigenvalue weighted by Gasteiger charge is 2.27. The predicted octanol–water partition coefficient (Wildman–Crippen LogP) is 2.84. The van der Waals surface area contributed by atoms with Crippen molar-refractivity contribution in [3.05, 3.63) is 5.69 Å². The first-order valence-corrected chi connectivity index (χ1v) is 7.12. The van der Waals surface area contributed by atoms with Crippen LogP contribution in [0.2, 0.25) is 0 Å². The largest absolute Gasteiger partial charge is 0.369 e. The minimum absolute atomic E-state index is 0.0368. The Hall–Kier alpha value is -1.52. The van der Waals surface area contributed by atoms with Crippen LogP contribution in [0.15, 0.2) is 0 Å². The first kappa shape index (κ1) is 13.9. The molecule has 0 saturated heterocycles. The topological polar surface area (TPSA) is 61.7 Å². The molecule has 0 radical (unpaired) electrons. The molecule has 2 aromatic heterocycles. The van der Waals surface area contributed by atoms with E-state index >= 15 is 0 Å². The van der Waals surface area contributed by atoms with Crippen molar-refractivity contribution in [2.45, 2.75) is 58.9 Å². The molecule has 2 aromatic rings. The number of imidazole rings is 1. The Labute approximate surface area is 114 Å². The highest BCUT2D eigenvalue weighted by molar-refractivity contribution is 5.78. The Balaban J connectivity index is 2.65. The Morgan fingerprint density at radius 1 is 1.21 bits per heavy atom. The quantitative estimate of drug-likeness (QED) is 0.902. The zero-order valence-electron chi connectivity index (χ0n) is 12.7. The van der Waals surface area contributed by atoms with Crippen LogP contribution < -0.4 is 5.73 Å². The van der Waals surface area contributed by atoms with E-state index in [4.69, 9.17) is 5.73 Å². The van der Waals surface area contributed by atoms with Crippen LogP contribution in [-0.2, 0) is 19.0 Å². The summed E-state index contributed by atoms with van der Waals surface area (Å²) in [5.74, 6) is 0.596. The summed E-state index contributed by atoms with van der Waals surface area (Å²) in [7, 11) is 1.97. The van der Waals surface area contributed by atoms with E-state index in [1.54, 1.807) is 0 Å². The van der Waals surface area contributed by atoms with Crippen LogP contribution in [0.3, 0.4) is 0 Å². The number of nitrogen functional groups attached to an aromatic ring is 1. The fraction of sp³-hybridized carbons (Fsp3) is 0.714. The predicted molar refractivity (Wildman–Crippen MR) is 79.1 cm³/mol. The van der Waals surface area contributed by atoms with Gasteiger partial charge in [-0.3, -0.25) is 9.25 Å². The number of nitrogens with zero attached hydrogens (tertiary/aromatic N) is 4. The van der Waals surface area contributed by atoms with Gasteiger partial charge in [0.05, 0.1) is 5.69 Å². The summed E-state index contributed by atoms with van der Waals surface area (Å²) in [4.78, 5) is 4.56. The van der Waals surface area contributed by atoms with Gasteiger partial charge in [0.25, 0.3) is 0 Å². The van der Waals surface area contributed by atoms with Crippen molar-refractivity contribution in [3.8, 4) is 0 Å². The van der Waals surface area contributed by atoms with E-state index in [9.17, 15) is 0 Å². The molecule has 19 heavy (non-hydrogen) atoms. The van der Waals surface area contributed by atoms with E-state index in [0.29, 0.717) is 5.95 Å². The summed E-state index contributed by atoms with van der Waals surface area (Å²) in [5, 5.41) is 4.59. The third-order valence-corrected chi connectivity index (χ3v) is 3.68. The van der Waals surface area contributed by atoms with Crippen molar-refractivity contribution in [3.63, 3.8) is 0 Å². The lowest BCUT2D eigenvalue weighted by Crippen LogP contribution is -2.28. The number of aromatic nitrogens is 4. The number of nitrogens with two attached hydrogens (primary N) is 1. The maximum atomic E-state index is 6.16. The third-order valence-electron chi connectivity index (χ3n) is 3.68. The van der Waals surface area contributed by atoms with E-state index in [2.05, 4.69) is 42.3 Å². The molecule has 0 aromatic carbocycles. The minimum atomic E-state index is -0.0368. The average molecular weight is 263 g/mol. The molecule has 5 nitrogen and oxygen atoms in total. The summed E-state index contributed by atoms with van der Waals surface area (Å²) >= 11 is 0. The standard InChI is InChI=1S/C14H25N5/c1-6-8-10-11-12(18(5)17-10)19(13(15)16-11)14(3,4)9-7-2/h6-9H2,1-5H3,(H2,15,16). The van der Waals surface area contributed by atoms with Gasteiger partial charge in [-0.1, -0.05) is 26.7 Å². The van der Waals surface area contributed by atoms with E-state index < -0.39 is 0 Å². The Kier molecular flexibility index (Phi) is 3.56. The second-order valence-corrected chi connectivity index (χ2v) is 5.86. The Morgan fingerprint density at radius 3 is 2.47 bits per heavy atom. The van der Waals surface area contributed by atoms with Gasteiger partial charge in [-0.15, -0.1) is 0 Å². The molecule has 0 atom stereocenters. The Bertz CT molecular complexity index is 576. The van der Waals surface area contributed by atoms with Crippen molar-refractivity contribution in [1.29, 1.82) is 0 Å². The van der Waals surface area contributed by atoms with Gasteiger partial charge < -0.3 is 5.73 Å². The molecule has 0 aliphatic carbocycles. The maximum Gasteiger partial charge on any atom is 0.203 e. The first-order chi connectivity index (χ1) is 8.92. The highest BCUT2D eigenvalue weighted by Crippen LogP contribution is 2.31. The second kappa shape index (κ2) is 4.87. The lowest BCUT2D eigenvalue weighted by molar-refractivity contribution is 0.333. The number of anilines is 1. The third kappa shape index (κ3) is 2.22. The van der Waals surface area contributed by atoms with Crippen LogP contribution in [0, 0.1) is 0 Å². The minimum Gasteiger partial charge on any atom is -0.369 e. The molecule has 0 saturated carbocycles. The molecular formula is C14H25N5. The fourth-order valence-corrected chi connectivity index (χ4v) is 2.92. The number of hydrogen-bond donors (Lipinski definition) is 1. The SMILES string of the molecule is CCCc1nn(C)c2c1nc(N)n2C(C)(C)CCC. The summed E-state index contributed by atoms with van der Waals surface area (Å²) in [6.07, 6.45) is 4.20. The van der Waals surface area contributed by atoms with E-state index in [1.807, 2.05) is 11.7 Å². The molecule has 2 heterocycles. The van der Waals surface area contributed by atoms with Crippen LogP contribution in [0.25, 0.3) is 11.2 Å². The van der Waals surface area contributed by atoms with E-state index in [0.717, 1.165) is 42.5 Å². The molecule has 2 N–H and O–H groups in total. The van der Waals surface area contributed by atoms with Crippen molar-refractivity contribution in [2.75, 3.05) is 5.73 Å². The van der Waals surface area contributed by atoms with Gasteiger partial charge in [-0.2, -0.15) is 5.10 Å². The van der Waals surface area contributed by atoms with Crippen molar-refractivity contribution >= 4 is 17.1 Å². The molecule has 0 amide bonds. The van der Waals surface area contributed by atoms with Crippen molar-refractivity contribution in [1.82, 2.24) is 19.3 Å². The normalized spacial score (nSPS) is 12.5. The Morgan fingerprint density at radius 2 is 1.89 bits per heavy atom. The van der Waals surface area contributed by atoms with Crippen LogP contribution in [0.5, 0.6) is 0 Å². The number of fused-ring (bicyclic) bond motifs is 1. The molecule has 0 fully saturated rings. The van der Waals surface area contributed by atoms with E-state index in [1.165, 1.54) is 0 Å². The molecule has 0 aliphatic rings. The van der Waals surface area contributed by atoms with Gasteiger partial charge >= 0.3 is 0 Å². The maximum absolute atomic E-state index is 6.16. The smallest absolute Gasteiger partial charge is 0.203 e. The molecule has 2 rings (SSSR count). The summed E-state index contributed by atoms with van der Waals surface area (Å²) in [6.45, 7) is 8.76. The van der Waals surface area contributed by atoms with Gasteiger partial charge in [-0.05, 0) is 26.7 Å². The lowest BCUT2D eigenvalue weighted by Gasteiger charge is -2.27. The highest BCUT2D eigenvalue weighted by atomic mass is 15.4. The summed E-state index contributed by atoms with van der Waals surface area (Å²) < 4.78 is 4.05. The molecule has 0 aliphatic heterocycles. The van der Waals surface area contributed by atoms with Gasteiger partial charge in [0.1, 0.15) is 5.52 Å². The van der Waals surface area contributed by atoms with E-state index in [-0.39, 0.29) is 5.54 Å². The van der Waals surface area contributed by atoms with Crippen LogP contribution >= 0.6 is 0 Å². The number of hydrogen-bond acceptors (Lipinski definition) is 3. The first-order valence-electron chi connectivity index (χ1n) is 7.12. The van der Waals surface area contributed by atoms with Crippen LogP contribution in [0.1, 0.15) is 52.7 Å². The fourth-order valence-electron chi connectivity index (χ4n) is 2.92. The zero-order valence-corrected chi connectivity index (χ0v) is 12.7. The summed E-state index contributed by atoms with van der Waals surface area (Å²) in [5.41, 5.74) is 9.18. The second-order valence-electron chi connectivity index (χ2n) is 5.86. The van der Waals surface area contributed by atoms with Crippen molar-refractivity contribution in [2.24, 2.45) is 7.05 Å². The zero-order chi connectivity index (χ0) is 14.2. The summed E-state index contributed by atoms with van der Waals surface area (Å²) in [6, 6.07) is 0. The van der Waals surface area contributed by atoms with Crippen LogP contribution in [0.4, 0.5) is 5.95 Å². The molecule has 0 unspecified atom stereocenters. The van der Waals surface area contributed by atoms with Crippen LogP contribution in [-0.4, -0.2) is 19.3 Å². The lowest BCUT2D eigenvalue weighted by atomic mass is 9.98. The van der Waals surface area contributed by atoms with Gasteiger partial charge in [0.15, 0.2) is 5.65 Å². The number of rotatable bonds is 5. The van der Waals surface area contributed by atoms with Gasteiger partial charge in [0, 0.05) is 12.6 Å². The molecular weight excluding hydrogens is 238 g/mol.